The standard InChI is InChI=1S/C17H20N2O6/c1-11-7-19(16(22)18-14(11)21)15-13(20)17(23,10-25-15)9-24-8-12-5-3-2-4-6-12/h2-7,13,15,20,23H,8-10H2,1H3,(H,18,21,22)/t13-,15+,17+/m0/s1. The molecule has 3 atom stereocenters. The number of aliphatic hydroxyl groups is 2. The molecule has 1 aliphatic heterocycles. The number of aromatic nitrogens is 2. The zero-order chi connectivity index (χ0) is 18.0. The minimum atomic E-state index is -1.65. The summed E-state index contributed by atoms with van der Waals surface area (Å²) in [6.07, 6.45) is -1.19. The Kier molecular flexibility index (Phi) is 4.87. The summed E-state index contributed by atoms with van der Waals surface area (Å²) >= 11 is 0. The van der Waals surface area contributed by atoms with Crippen molar-refractivity contribution in [2.24, 2.45) is 0 Å². The first-order chi connectivity index (χ1) is 11.9. The van der Waals surface area contributed by atoms with Crippen LogP contribution in [0.15, 0.2) is 46.1 Å². The van der Waals surface area contributed by atoms with Crippen molar-refractivity contribution >= 4 is 0 Å². The number of hydrogen-bond donors (Lipinski definition) is 3. The van der Waals surface area contributed by atoms with E-state index in [0.29, 0.717) is 5.56 Å². The molecule has 0 bridgehead atoms. The maximum absolute atomic E-state index is 11.9. The lowest BCUT2D eigenvalue weighted by Crippen LogP contribution is -2.48. The molecule has 3 rings (SSSR count). The monoisotopic (exact) mass is 348 g/mol. The average Bonchev–Trinajstić information content (AvgIpc) is 2.88. The Balaban J connectivity index is 1.70. The van der Waals surface area contributed by atoms with Crippen LogP contribution in [0.3, 0.4) is 0 Å². The van der Waals surface area contributed by atoms with Crippen molar-refractivity contribution in [2.45, 2.75) is 31.5 Å². The first-order valence-electron chi connectivity index (χ1n) is 7.86. The van der Waals surface area contributed by atoms with Crippen LogP contribution in [0.2, 0.25) is 0 Å². The molecule has 1 aromatic carbocycles. The van der Waals surface area contributed by atoms with Gasteiger partial charge in [-0.2, -0.15) is 0 Å². The molecule has 0 unspecified atom stereocenters. The van der Waals surface area contributed by atoms with E-state index in [-0.39, 0.29) is 19.8 Å². The third-order valence-corrected chi connectivity index (χ3v) is 4.21. The van der Waals surface area contributed by atoms with Gasteiger partial charge < -0.3 is 19.7 Å². The molecule has 0 amide bonds. The summed E-state index contributed by atoms with van der Waals surface area (Å²) in [7, 11) is 0. The molecular formula is C17H20N2O6. The lowest BCUT2D eigenvalue weighted by Gasteiger charge is -2.26. The lowest BCUT2D eigenvalue weighted by atomic mass is 10.0. The fourth-order valence-corrected chi connectivity index (χ4v) is 2.73. The third-order valence-electron chi connectivity index (χ3n) is 4.21. The summed E-state index contributed by atoms with van der Waals surface area (Å²) in [6, 6.07) is 9.41. The SMILES string of the molecule is Cc1cn([C@@H]2OC[C@](O)(COCc3ccccc3)[C@H]2O)c(=O)[nH]c1=O. The summed E-state index contributed by atoms with van der Waals surface area (Å²) in [5, 5.41) is 21.0. The molecule has 25 heavy (non-hydrogen) atoms. The molecule has 8 heteroatoms. The van der Waals surface area contributed by atoms with Gasteiger partial charge >= 0.3 is 5.69 Å². The van der Waals surface area contributed by atoms with E-state index in [1.165, 1.54) is 13.1 Å². The van der Waals surface area contributed by atoms with Crippen molar-refractivity contribution in [2.75, 3.05) is 13.2 Å². The Morgan fingerprint density at radius 2 is 2.08 bits per heavy atom. The Labute approximate surface area is 143 Å². The van der Waals surface area contributed by atoms with Gasteiger partial charge in [-0.1, -0.05) is 30.3 Å². The zero-order valence-corrected chi connectivity index (χ0v) is 13.7. The van der Waals surface area contributed by atoms with Gasteiger partial charge in [0.05, 0.1) is 19.8 Å². The molecule has 8 nitrogen and oxygen atoms in total. The largest absolute Gasteiger partial charge is 0.385 e. The topological polar surface area (TPSA) is 114 Å². The Morgan fingerprint density at radius 3 is 2.80 bits per heavy atom. The highest BCUT2D eigenvalue weighted by Gasteiger charge is 2.49. The zero-order valence-electron chi connectivity index (χ0n) is 13.7. The van der Waals surface area contributed by atoms with Crippen LogP contribution in [0, 0.1) is 6.92 Å². The van der Waals surface area contributed by atoms with Crippen molar-refractivity contribution < 1.29 is 19.7 Å². The second kappa shape index (κ2) is 6.93. The fourth-order valence-electron chi connectivity index (χ4n) is 2.73. The maximum Gasteiger partial charge on any atom is 0.330 e. The molecule has 0 saturated carbocycles. The molecule has 2 aromatic rings. The molecule has 1 aliphatic rings. The molecule has 3 N–H and O–H groups in total. The third kappa shape index (κ3) is 3.57. The number of H-pyrrole nitrogens is 1. The molecule has 0 spiro atoms. The average molecular weight is 348 g/mol. The normalized spacial score (nSPS) is 26.0. The van der Waals surface area contributed by atoms with E-state index in [9.17, 15) is 19.8 Å². The maximum atomic E-state index is 11.9. The van der Waals surface area contributed by atoms with Crippen LogP contribution in [0.4, 0.5) is 0 Å². The summed E-state index contributed by atoms with van der Waals surface area (Å²) < 4.78 is 12.0. The number of hydrogen-bond acceptors (Lipinski definition) is 6. The van der Waals surface area contributed by atoms with E-state index in [2.05, 4.69) is 4.98 Å². The Hall–Kier alpha value is -2.26. The van der Waals surface area contributed by atoms with Crippen LogP contribution < -0.4 is 11.2 Å². The lowest BCUT2D eigenvalue weighted by molar-refractivity contribution is -0.108. The number of ether oxygens (including phenoxy) is 2. The number of aromatic amines is 1. The second-order valence-corrected chi connectivity index (χ2v) is 6.21. The Morgan fingerprint density at radius 1 is 1.36 bits per heavy atom. The first kappa shape index (κ1) is 17.6. The van der Waals surface area contributed by atoms with Crippen molar-refractivity contribution in [3.63, 3.8) is 0 Å². The molecule has 0 aliphatic carbocycles. The van der Waals surface area contributed by atoms with Crippen molar-refractivity contribution in [1.29, 1.82) is 0 Å². The van der Waals surface area contributed by atoms with E-state index in [0.717, 1.165) is 10.1 Å². The summed E-state index contributed by atoms with van der Waals surface area (Å²) in [5.74, 6) is 0. The van der Waals surface area contributed by atoms with E-state index < -0.39 is 29.2 Å². The molecule has 1 aromatic heterocycles. The Bertz CT molecular complexity index is 846. The van der Waals surface area contributed by atoms with Gasteiger partial charge in [0.1, 0.15) is 11.7 Å². The minimum absolute atomic E-state index is 0.156. The van der Waals surface area contributed by atoms with Gasteiger partial charge in [0.15, 0.2) is 6.23 Å². The number of aryl methyl sites for hydroxylation is 1. The van der Waals surface area contributed by atoms with Crippen LogP contribution in [0.1, 0.15) is 17.4 Å². The number of nitrogens with zero attached hydrogens (tertiary/aromatic N) is 1. The van der Waals surface area contributed by atoms with Crippen molar-refractivity contribution in [3.8, 4) is 0 Å². The van der Waals surface area contributed by atoms with E-state index in [1.807, 2.05) is 30.3 Å². The number of nitrogens with one attached hydrogen (secondary N) is 1. The van der Waals surface area contributed by atoms with Gasteiger partial charge in [0.25, 0.3) is 5.56 Å². The smallest absolute Gasteiger partial charge is 0.330 e. The number of aliphatic hydroxyl groups excluding tert-OH is 1. The summed E-state index contributed by atoms with van der Waals surface area (Å²) in [4.78, 5) is 25.5. The predicted molar refractivity (Wildman–Crippen MR) is 88.1 cm³/mol. The van der Waals surface area contributed by atoms with E-state index in [1.54, 1.807) is 0 Å². The highest BCUT2D eigenvalue weighted by Crippen LogP contribution is 2.31. The molecular weight excluding hydrogens is 328 g/mol. The first-order valence-corrected chi connectivity index (χ1v) is 7.86. The van der Waals surface area contributed by atoms with Crippen LogP contribution >= 0.6 is 0 Å². The molecule has 1 fully saturated rings. The summed E-state index contributed by atoms with van der Waals surface area (Å²) in [6.45, 7) is 1.46. The highest BCUT2D eigenvalue weighted by molar-refractivity contribution is 5.13. The predicted octanol–water partition coefficient (Wildman–Crippen LogP) is -0.317. The molecule has 1 saturated heterocycles. The van der Waals surface area contributed by atoms with Crippen molar-refractivity contribution in [1.82, 2.24) is 9.55 Å². The van der Waals surface area contributed by atoms with Gasteiger partial charge in [-0.15, -0.1) is 0 Å². The van der Waals surface area contributed by atoms with Gasteiger partial charge in [-0.25, -0.2) is 4.79 Å². The quantitative estimate of drug-likeness (QED) is 0.683. The molecule has 134 valence electrons. The van der Waals surface area contributed by atoms with Crippen LogP contribution in [-0.4, -0.2) is 44.7 Å². The molecule has 2 heterocycles. The van der Waals surface area contributed by atoms with Gasteiger partial charge in [-0.3, -0.25) is 14.3 Å². The van der Waals surface area contributed by atoms with Gasteiger partial charge in [-0.05, 0) is 12.5 Å². The second-order valence-electron chi connectivity index (χ2n) is 6.21. The molecule has 0 radical (unpaired) electrons. The summed E-state index contributed by atoms with van der Waals surface area (Å²) in [5.41, 5.74) is -1.64. The highest BCUT2D eigenvalue weighted by atomic mass is 16.6. The van der Waals surface area contributed by atoms with E-state index >= 15 is 0 Å². The van der Waals surface area contributed by atoms with Gasteiger partial charge in [0.2, 0.25) is 0 Å². The number of benzene rings is 1. The van der Waals surface area contributed by atoms with Crippen molar-refractivity contribution in [3.05, 3.63) is 68.5 Å². The van der Waals surface area contributed by atoms with Crippen LogP contribution in [-0.2, 0) is 16.1 Å². The minimum Gasteiger partial charge on any atom is -0.385 e. The fraction of sp³-hybridized carbons (Fsp3) is 0.412. The number of rotatable bonds is 5. The van der Waals surface area contributed by atoms with Gasteiger partial charge in [0, 0.05) is 11.8 Å². The van der Waals surface area contributed by atoms with Crippen LogP contribution in [0.5, 0.6) is 0 Å². The van der Waals surface area contributed by atoms with E-state index in [4.69, 9.17) is 9.47 Å². The van der Waals surface area contributed by atoms with Crippen LogP contribution in [0.25, 0.3) is 0 Å².